The van der Waals surface area contributed by atoms with E-state index in [9.17, 15) is 0 Å². The summed E-state index contributed by atoms with van der Waals surface area (Å²) in [6, 6.07) is 8.74. The van der Waals surface area contributed by atoms with Crippen LogP contribution in [-0.2, 0) is 6.42 Å². The van der Waals surface area contributed by atoms with E-state index in [0.717, 1.165) is 6.42 Å². The summed E-state index contributed by atoms with van der Waals surface area (Å²) in [7, 11) is 0. The van der Waals surface area contributed by atoms with Crippen molar-refractivity contribution in [2.75, 3.05) is 0 Å². The summed E-state index contributed by atoms with van der Waals surface area (Å²) in [5.41, 5.74) is 2.78. The maximum absolute atomic E-state index is 2.26. The van der Waals surface area contributed by atoms with E-state index in [1.54, 1.807) is 0 Å². The van der Waals surface area contributed by atoms with Crippen LogP contribution < -0.4 is 0 Å². The number of benzene rings is 1. The van der Waals surface area contributed by atoms with Crippen LogP contribution >= 0.6 is 0 Å². The smallest absolute Gasteiger partial charge is 0.000683 e. The Morgan fingerprint density at radius 3 is 2.62 bits per heavy atom. The first-order valence-corrected chi connectivity index (χ1v) is 4.75. The van der Waals surface area contributed by atoms with Crippen LogP contribution in [0.1, 0.15) is 11.1 Å². The molecule has 0 N–H and O–H groups in total. The van der Waals surface area contributed by atoms with Crippen molar-refractivity contribution in [2.24, 2.45) is 5.92 Å². The predicted octanol–water partition coefficient (Wildman–Crippen LogP) is 3.28. The molecule has 0 spiro atoms. The van der Waals surface area contributed by atoms with Crippen LogP contribution in [0.4, 0.5) is 0 Å². The van der Waals surface area contributed by atoms with Gasteiger partial charge < -0.3 is 0 Å². The van der Waals surface area contributed by atoms with E-state index in [2.05, 4.69) is 55.5 Å². The summed E-state index contributed by atoms with van der Waals surface area (Å²) >= 11 is 0. The molecule has 1 aliphatic carbocycles. The molecule has 0 aromatic heterocycles. The monoisotopic (exact) mass is 170 g/mol. The molecule has 0 atom stereocenters. The van der Waals surface area contributed by atoms with Crippen molar-refractivity contribution >= 4 is 0 Å². The van der Waals surface area contributed by atoms with Crippen molar-refractivity contribution < 1.29 is 0 Å². The molecule has 0 heterocycles. The third-order valence-electron chi connectivity index (χ3n) is 2.38. The first kappa shape index (κ1) is 8.31. The Morgan fingerprint density at radius 1 is 1.15 bits per heavy atom. The minimum absolute atomic E-state index is 0.613. The summed E-state index contributed by atoms with van der Waals surface area (Å²) in [6.45, 7) is 2.14. The van der Waals surface area contributed by atoms with E-state index < -0.39 is 0 Å². The van der Waals surface area contributed by atoms with Crippen LogP contribution in [0.2, 0.25) is 0 Å². The van der Waals surface area contributed by atoms with Gasteiger partial charge in [-0.25, -0.2) is 0 Å². The number of hydrogen-bond acceptors (Lipinski definition) is 0. The van der Waals surface area contributed by atoms with E-state index in [1.165, 1.54) is 11.1 Å². The third-order valence-corrected chi connectivity index (χ3v) is 2.38. The van der Waals surface area contributed by atoms with Crippen molar-refractivity contribution in [2.45, 2.75) is 13.3 Å². The number of hydrogen-bond donors (Lipinski definition) is 0. The zero-order chi connectivity index (χ0) is 9.10. The predicted molar refractivity (Wildman–Crippen MR) is 56.7 cm³/mol. The average Bonchev–Trinajstić information content (AvgIpc) is 2.57. The van der Waals surface area contributed by atoms with E-state index in [-0.39, 0.29) is 0 Å². The molecule has 2 rings (SSSR count). The van der Waals surface area contributed by atoms with Crippen LogP contribution in [-0.4, -0.2) is 0 Å². The van der Waals surface area contributed by atoms with Gasteiger partial charge in [0.25, 0.3) is 0 Å². The summed E-state index contributed by atoms with van der Waals surface area (Å²) in [5, 5.41) is 0. The van der Waals surface area contributed by atoms with Gasteiger partial charge in [-0.2, -0.15) is 0 Å². The Kier molecular flexibility index (Phi) is 2.31. The lowest BCUT2D eigenvalue weighted by Crippen LogP contribution is -1.95. The highest BCUT2D eigenvalue weighted by molar-refractivity contribution is 5.26. The molecule has 0 heteroatoms. The van der Waals surface area contributed by atoms with Gasteiger partial charge in [0.2, 0.25) is 0 Å². The zero-order valence-corrected chi connectivity index (χ0v) is 7.90. The highest BCUT2D eigenvalue weighted by Crippen LogP contribution is 2.16. The van der Waals surface area contributed by atoms with Crippen molar-refractivity contribution in [1.82, 2.24) is 0 Å². The highest BCUT2D eigenvalue weighted by Gasteiger charge is 2.04. The van der Waals surface area contributed by atoms with E-state index in [1.807, 2.05) is 0 Å². The van der Waals surface area contributed by atoms with Gasteiger partial charge in [0.15, 0.2) is 0 Å². The minimum atomic E-state index is 0.613. The lowest BCUT2D eigenvalue weighted by atomic mass is 10.00. The van der Waals surface area contributed by atoms with Gasteiger partial charge in [0.1, 0.15) is 0 Å². The van der Waals surface area contributed by atoms with Crippen LogP contribution in [0.15, 0.2) is 48.6 Å². The maximum atomic E-state index is 2.26. The molecule has 0 saturated carbocycles. The molecular formula is C13H14. The molecule has 0 fully saturated rings. The second-order valence-electron chi connectivity index (χ2n) is 3.63. The summed E-state index contributed by atoms with van der Waals surface area (Å²) < 4.78 is 0. The Bertz CT molecular complexity index is 333. The van der Waals surface area contributed by atoms with Gasteiger partial charge in [-0.05, 0) is 24.8 Å². The normalized spacial score (nSPS) is 15.5. The second kappa shape index (κ2) is 3.61. The Labute approximate surface area is 79.6 Å². The molecule has 0 radical (unpaired) electrons. The number of rotatable bonds is 2. The Balaban J connectivity index is 2.09. The molecule has 0 saturated heterocycles. The summed E-state index contributed by atoms with van der Waals surface area (Å²) in [6.07, 6.45) is 9.89. The quantitative estimate of drug-likeness (QED) is 0.639. The molecule has 0 amide bonds. The molecule has 0 nitrogen and oxygen atoms in total. The minimum Gasteiger partial charge on any atom is -0.0773 e. The van der Waals surface area contributed by atoms with Crippen molar-refractivity contribution in [1.29, 1.82) is 0 Å². The van der Waals surface area contributed by atoms with E-state index in [0.29, 0.717) is 5.92 Å². The van der Waals surface area contributed by atoms with E-state index in [4.69, 9.17) is 0 Å². The average molecular weight is 170 g/mol. The van der Waals surface area contributed by atoms with Crippen LogP contribution in [0.5, 0.6) is 0 Å². The first-order valence-electron chi connectivity index (χ1n) is 4.75. The van der Waals surface area contributed by atoms with Gasteiger partial charge >= 0.3 is 0 Å². The standard InChI is InChI=1S/C13H14/c1-11-5-4-8-13(9-11)10-12-6-2-3-7-12/h2-9,12H,10H2,1H3. The van der Waals surface area contributed by atoms with E-state index >= 15 is 0 Å². The van der Waals surface area contributed by atoms with Crippen molar-refractivity contribution in [3.8, 4) is 0 Å². The lowest BCUT2D eigenvalue weighted by molar-refractivity contribution is 0.815. The fraction of sp³-hybridized carbons (Fsp3) is 0.231. The molecule has 0 bridgehead atoms. The number of aryl methyl sites for hydroxylation is 1. The largest absolute Gasteiger partial charge is 0.0773 e. The highest BCUT2D eigenvalue weighted by atomic mass is 14.1. The molecule has 1 aromatic carbocycles. The molecule has 0 aliphatic heterocycles. The van der Waals surface area contributed by atoms with Gasteiger partial charge in [-0.3, -0.25) is 0 Å². The Morgan fingerprint density at radius 2 is 1.92 bits per heavy atom. The topological polar surface area (TPSA) is 0 Å². The molecular weight excluding hydrogens is 156 g/mol. The molecule has 66 valence electrons. The SMILES string of the molecule is Cc1cccc(CC2C=CC=C2)c1. The first-order chi connectivity index (χ1) is 6.34. The van der Waals surface area contributed by atoms with Crippen molar-refractivity contribution in [3.63, 3.8) is 0 Å². The Hall–Kier alpha value is -1.30. The van der Waals surface area contributed by atoms with Crippen LogP contribution in [0.3, 0.4) is 0 Å². The van der Waals surface area contributed by atoms with Gasteiger partial charge in [-0.15, -0.1) is 0 Å². The molecule has 13 heavy (non-hydrogen) atoms. The van der Waals surface area contributed by atoms with Crippen LogP contribution in [0.25, 0.3) is 0 Å². The van der Waals surface area contributed by atoms with Gasteiger partial charge in [0.05, 0.1) is 0 Å². The number of allylic oxidation sites excluding steroid dienone is 4. The third kappa shape index (κ3) is 2.09. The summed E-state index contributed by atoms with van der Waals surface area (Å²) in [4.78, 5) is 0. The van der Waals surface area contributed by atoms with Crippen molar-refractivity contribution in [3.05, 3.63) is 59.7 Å². The lowest BCUT2D eigenvalue weighted by Gasteiger charge is -2.05. The molecule has 1 aromatic rings. The zero-order valence-electron chi connectivity index (χ0n) is 7.90. The fourth-order valence-corrected chi connectivity index (χ4v) is 1.73. The van der Waals surface area contributed by atoms with Gasteiger partial charge in [-0.1, -0.05) is 54.1 Å². The van der Waals surface area contributed by atoms with Gasteiger partial charge in [0, 0.05) is 0 Å². The second-order valence-corrected chi connectivity index (χ2v) is 3.63. The fourth-order valence-electron chi connectivity index (χ4n) is 1.73. The molecule has 0 unspecified atom stereocenters. The molecule has 1 aliphatic rings. The maximum Gasteiger partial charge on any atom is -0.000683 e. The van der Waals surface area contributed by atoms with Crippen LogP contribution in [0, 0.1) is 12.8 Å². The summed E-state index contributed by atoms with van der Waals surface area (Å²) in [5.74, 6) is 0.613.